The molecule has 6 heteroatoms. The van der Waals surface area contributed by atoms with Gasteiger partial charge in [0.15, 0.2) is 0 Å². The van der Waals surface area contributed by atoms with Gasteiger partial charge in [-0.15, -0.1) is 11.3 Å². The Kier molecular flexibility index (Phi) is 5.66. The Morgan fingerprint density at radius 2 is 2.05 bits per heavy atom. The summed E-state index contributed by atoms with van der Waals surface area (Å²) in [6.07, 6.45) is 0. The van der Waals surface area contributed by atoms with Crippen LogP contribution in [0.3, 0.4) is 0 Å². The number of benzene rings is 1. The van der Waals surface area contributed by atoms with Gasteiger partial charge in [0.2, 0.25) is 0 Å². The first-order valence-electron chi connectivity index (χ1n) is 5.99. The van der Waals surface area contributed by atoms with Crippen LogP contribution in [0.25, 0.3) is 0 Å². The second-order valence-corrected chi connectivity index (χ2v) is 7.96. The van der Waals surface area contributed by atoms with E-state index in [0.29, 0.717) is 23.7 Å². The lowest BCUT2D eigenvalue weighted by molar-refractivity contribution is 0.0754. The predicted octanol–water partition coefficient (Wildman–Crippen LogP) is 5.59. The number of hydrogen-bond acceptors (Lipinski definition) is 2. The van der Waals surface area contributed by atoms with Crippen molar-refractivity contribution in [2.24, 2.45) is 0 Å². The molecule has 0 radical (unpaired) electrons. The zero-order chi connectivity index (χ0) is 14.7. The zero-order valence-electron chi connectivity index (χ0n) is 10.7. The molecule has 0 fully saturated rings. The number of hydrogen-bond donors (Lipinski definition) is 0. The molecule has 0 aliphatic heterocycles. The van der Waals surface area contributed by atoms with Gasteiger partial charge in [-0.25, -0.2) is 0 Å². The Morgan fingerprint density at radius 3 is 2.60 bits per heavy atom. The molecule has 0 N–H and O–H groups in total. The van der Waals surface area contributed by atoms with E-state index in [-0.39, 0.29) is 5.91 Å². The third kappa shape index (κ3) is 3.85. The first-order chi connectivity index (χ1) is 9.51. The van der Waals surface area contributed by atoms with Crippen molar-refractivity contribution in [1.29, 1.82) is 0 Å². The molecule has 2 aromatic rings. The average molecular weight is 438 g/mol. The molecule has 0 saturated carbocycles. The summed E-state index contributed by atoms with van der Waals surface area (Å²) >= 11 is 14.5. The zero-order valence-corrected chi connectivity index (χ0v) is 15.4. The van der Waals surface area contributed by atoms with Crippen molar-refractivity contribution in [3.8, 4) is 0 Å². The van der Waals surface area contributed by atoms with Gasteiger partial charge in [0.25, 0.3) is 5.91 Å². The van der Waals surface area contributed by atoms with Gasteiger partial charge < -0.3 is 4.90 Å². The summed E-state index contributed by atoms with van der Waals surface area (Å²) in [6.45, 7) is 3.24. The number of amides is 1. The summed E-state index contributed by atoms with van der Waals surface area (Å²) in [5.74, 6) is -0.00794. The summed E-state index contributed by atoms with van der Waals surface area (Å²) in [4.78, 5) is 15.4. The minimum atomic E-state index is -0.00794. The molecule has 0 aliphatic carbocycles. The van der Waals surface area contributed by atoms with Crippen molar-refractivity contribution in [2.75, 3.05) is 6.54 Å². The summed E-state index contributed by atoms with van der Waals surface area (Å²) < 4.78 is 1.86. The van der Waals surface area contributed by atoms with Crippen LogP contribution in [-0.2, 0) is 6.54 Å². The Morgan fingerprint density at radius 1 is 1.30 bits per heavy atom. The normalized spacial score (nSPS) is 10.6. The summed E-state index contributed by atoms with van der Waals surface area (Å²) in [5.41, 5.74) is 0.607. The van der Waals surface area contributed by atoms with E-state index in [4.69, 9.17) is 11.6 Å². The van der Waals surface area contributed by atoms with E-state index in [1.807, 2.05) is 19.1 Å². The SMILES string of the molecule is CCN(Cc1ccc(Br)s1)C(=O)c1ccc(Br)c(Cl)c1. The van der Waals surface area contributed by atoms with E-state index in [2.05, 4.69) is 31.9 Å². The monoisotopic (exact) mass is 435 g/mol. The quantitative estimate of drug-likeness (QED) is 0.611. The third-order valence-corrected chi connectivity index (χ3v) is 5.65. The Balaban J connectivity index is 2.18. The molecule has 20 heavy (non-hydrogen) atoms. The lowest BCUT2D eigenvalue weighted by atomic mass is 10.2. The van der Waals surface area contributed by atoms with Crippen LogP contribution in [0.15, 0.2) is 38.6 Å². The molecule has 0 atom stereocenters. The van der Waals surface area contributed by atoms with Gasteiger partial charge in [-0.3, -0.25) is 4.79 Å². The molecule has 2 rings (SSSR count). The van der Waals surface area contributed by atoms with Crippen LogP contribution in [0.2, 0.25) is 5.02 Å². The molecule has 0 spiro atoms. The maximum atomic E-state index is 12.5. The van der Waals surface area contributed by atoms with Crippen molar-refractivity contribution in [3.05, 3.63) is 54.1 Å². The minimum absolute atomic E-state index is 0.00794. The maximum absolute atomic E-state index is 12.5. The summed E-state index contributed by atoms with van der Waals surface area (Å²) in [6, 6.07) is 9.30. The number of carbonyl (C=O) groups excluding carboxylic acids is 1. The Hall–Kier alpha value is -0.360. The predicted molar refractivity (Wildman–Crippen MR) is 91.6 cm³/mol. The topological polar surface area (TPSA) is 20.3 Å². The highest BCUT2D eigenvalue weighted by atomic mass is 79.9. The van der Waals surface area contributed by atoms with Crippen LogP contribution in [0.1, 0.15) is 22.2 Å². The fourth-order valence-electron chi connectivity index (χ4n) is 1.76. The molecule has 0 aliphatic rings. The molecule has 0 saturated heterocycles. The van der Waals surface area contributed by atoms with Crippen molar-refractivity contribution in [1.82, 2.24) is 4.90 Å². The lowest BCUT2D eigenvalue weighted by Crippen LogP contribution is -2.29. The van der Waals surface area contributed by atoms with E-state index in [9.17, 15) is 4.79 Å². The van der Waals surface area contributed by atoms with E-state index in [1.165, 1.54) is 0 Å². The van der Waals surface area contributed by atoms with Gasteiger partial charge in [-0.2, -0.15) is 0 Å². The van der Waals surface area contributed by atoms with Crippen molar-refractivity contribution < 1.29 is 4.79 Å². The number of rotatable bonds is 4. The van der Waals surface area contributed by atoms with E-state index in [0.717, 1.165) is 13.1 Å². The maximum Gasteiger partial charge on any atom is 0.254 e. The molecule has 0 bridgehead atoms. The minimum Gasteiger partial charge on any atom is -0.334 e. The van der Waals surface area contributed by atoms with Crippen LogP contribution in [0.4, 0.5) is 0 Å². The molecular formula is C14H12Br2ClNOS. The van der Waals surface area contributed by atoms with Gasteiger partial charge >= 0.3 is 0 Å². The van der Waals surface area contributed by atoms with Crippen molar-refractivity contribution in [3.63, 3.8) is 0 Å². The highest BCUT2D eigenvalue weighted by Crippen LogP contribution is 2.26. The summed E-state index contributed by atoms with van der Waals surface area (Å²) in [7, 11) is 0. The standard InChI is InChI=1S/C14H12Br2ClNOS/c1-2-18(8-10-4-6-13(16)20-10)14(19)9-3-5-11(15)12(17)7-9/h3-7H,2,8H2,1H3. The average Bonchev–Trinajstić information content (AvgIpc) is 2.84. The molecule has 1 aromatic carbocycles. The lowest BCUT2D eigenvalue weighted by Gasteiger charge is -2.20. The van der Waals surface area contributed by atoms with E-state index in [1.54, 1.807) is 34.4 Å². The van der Waals surface area contributed by atoms with Crippen LogP contribution in [0, 0.1) is 0 Å². The molecule has 1 amide bonds. The molecule has 2 nitrogen and oxygen atoms in total. The smallest absolute Gasteiger partial charge is 0.254 e. The summed E-state index contributed by atoms with van der Waals surface area (Å²) in [5, 5.41) is 0.547. The number of carbonyl (C=O) groups is 1. The number of halogens is 3. The first kappa shape index (κ1) is 16.0. The highest BCUT2D eigenvalue weighted by Gasteiger charge is 2.16. The first-order valence-corrected chi connectivity index (χ1v) is 8.78. The van der Waals surface area contributed by atoms with Crippen LogP contribution < -0.4 is 0 Å². The van der Waals surface area contributed by atoms with Gasteiger partial charge in [0.05, 0.1) is 15.4 Å². The van der Waals surface area contributed by atoms with Gasteiger partial charge in [-0.05, 0) is 69.1 Å². The fraction of sp³-hybridized carbons (Fsp3) is 0.214. The molecule has 1 aromatic heterocycles. The number of thiophene rings is 1. The van der Waals surface area contributed by atoms with Crippen molar-refractivity contribution >= 4 is 60.7 Å². The van der Waals surface area contributed by atoms with E-state index < -0.39 is 0 Å². The Labute approximate surface area is 144 Å². The molecule has 1 heterocycles. The van der Waals surface area contributed by atoms with Gasteiger partial charge in [0, 0.05) is 21.5 Å². The second-order valence-electron chi connectivity index (χ2n) is 4.15. The fourth-order valence-corrected chi connectivity index (χ4v) is 3.69. The highest BCUT2D eigenvalue weighted by molar-refractivity contribution is 9.11. The second kappa shape index (κ2) is 7.07. The third-order valence-electron chi connectivity index (χ3n) is 2.81. The largest absolute Gasteiger partial charge is 0.334 e. The van der Waals surface area contributed by atoms with Gasteiger partial charge in [-0.1, -0.05) is 11.6 Å². The molecular weight excluding hydrogens is 425 g/mol. The van der Waals surface area contributed by atoms with Gasteiger partial charge in [0.1, 0.15) is 0 Å². The van der Waals surface area contributed by atoms with Crippen LogP contribution in [-0.4, -0.2) is 17.4 Å². The number of nitrogens with zero attached hydrogens (tertiary/aromatic N) is 1. The van der Waals surface area contributed by atoms with Crippen LogP contribution >= 0.6 is 54.8 Å². The van der Waals surface area contributed by atoms with E-state index >= 15 is 0 Å². The Bertz CT molecular complexity index is 629. The molecule has 106 valence electrons. The molecule has 0 unspecified atom stereocenters. The van der Waals surface area contributed by atoms with Crippen LogP contribution in [0.5, 0.6) is 0 Å². The van der Waals surface area contributed by atoms with Crippen molar-refractivity contribution in [2.45, 2.75) is 13.5 Å².